The molecule has 0 unspecified atom stereocenters. The van der Waals surface area contributed by atoms with Crippen molar-refractivity contribution in [3.8, 4) is 0 Å². The molecule has 1 fully saturated rings. The predicted octanol–water partition coefficient (Wildman–Crippen LogP) is 4.49. The van der Waals surface area contributed by atoms with Gasteiger partial charge in [-0.1, -0.05) is 32.1 Å². The Labute approximate surface area is 101 Å². The van der Waals surface area contributed by atoms with Crippen LogP contribution in [0.4, 0.5) is 14.5 Å². The molecule has 0 spiro atoms. The van der Waals surface area contributed by atoms with E-state index in [4.69, 9.17) is 0 Å². The van der Waals surface area contributed by atoms with Crippen LogP contribution in [-0.4, -0.2) is 6.04 Å². The maximum absolute atomic E-state index is 13.5. The summed E-state index contributed by atoms with van der Waals surface area (Å²) in [6, 6.07) is 3.86. The number of benzene rings is 1. The second-order valence-electron chi connectivity index (χ2n) is 4.81. The summed E-state index contributed by atoms with van der Waals surface area (Å²) in [5.41, 5.74) is 0.301. The van der Waals surface area contributed by atoms with Crippen LogP contribution in [0.2, 0.25) is 0 Å². The highest BCUT2D eigenvalue weighted by molar-refractivity contribution is 5.45. The van der Waals surface area contributed by atoms with E-state index < -0.39 is 0 Å². The fraction of sp³-hybridized carbons (Fsp3) is 0.571. The van der Waals surface area contributed by atoms with Crippen LogP contribution in [-0.2, 0) is 0 Å². The molecule has 3 heteroatoms. The van der Waals surface area contributed by atoms with Gasteiger partial charge in [0, 0.05) is 6.04 Å². The molecule has 2 rings (SSSR count). The molecule has 0 aliphatic heterocycles. The van der Waals surface area contributed by atoms with E-state index in [1.54, 1.807) is 0 Å². The smallest absolute Gasteiger partial charge is 0.146 e. The number of hydrogen-bond donors (Lipinski definition) is 1. The largest absolute Gasteiger partial charge is 0.380 e. The van der Waals surface area contributed by atoms with Crippen molar-refractivity contribution in [2.75, 3.05) is 5.32 Å². The molecule has 0 atom stereocenters. The van der Waals surface area contributed by atoms with Gasteiger partial charge in [-0.3, -0.25) is 0 Å². The Bertz CT molecular complexity index is 357. The molecule has 1 aliphatic carbocycles. The van der Waals surface area contributed by atoms with E-state index in [9.17, 15) is 8.78 Å². The second-order valence-corrected chi connectivity index (χ2v) is 4.81. The predicted molar refractivity (Wildman–Crippen MR) is 66.1 cm³/mol. The minimum absolute atomic E-state index is 0.284. The first-order valence-electron chi connectivity index (χ1n) is 6.47. The van der Waals surface area contributed by atoms with Crippen LogP contribution in [0.25, 0.3) is 0 Å². The maximum Gasteiger partial charge on any atom is 0.146 e. The summed E-state index contributed by atoms with van der Waals surface area (Å²) in [7, 11) is 0. The van der Waals surface area contributed by atoms with E-state index >= 15 is 0 Å². The van der Waals surface area contributed by atoms with Crippen molar-refractivity contribution in [3.05, 3.63) is 29.8 Å². The van der Waals surface area contributed by atoms with Crippen molar-refractivity contribution in [1.29, 1.82) is 0 Å². The van der Waals surface area contributed by atoms with Crippen molar-refractivity contribution in [3.63, 3.8) is 0 Å². The van der Waals surface area contributed by atoms with Gasteiger partial charge in [0.15, 0.2) is 0 Å². The molecule has 0 aromatic heterocycles. The van der Waals surface area contributed by atoms with Gasteiger partial charge >= 0.3 is 0 Å². The van der Waals surface area contributed by atoms with Gasteiger partial charge in [-0.05, 0) is 31.0 Å². The zero-order chi connectivity index (χ0) is 12.1. The SMILES string of the molecule is Fc1ccc(F)c(NC2CCCCCCC2)c1. The van der Waals surface area contributed by atoms with E-state index in [1.165, 1.54) is 44.2 Å². The van der Waals surface area contributed by atoms with Gasteiger partial charge < -0.3 is 5.32 Å². The van der Waals surface area contributed by atoms with Gasteiger partial charge in [0.05, 0.1) is 5.69 Å². The molecule has 94 valence electrons. The van der Waals surface area contributed by atoms with Crippen molar-refractivity contribution in [1.82, 2.24) is 0 Å². The lowest BCUT2D eigenvalue weighted by Gasteiger charge is -2.22. The summed E-state index contributed by atoms with van der Waals surface area (Å²) < 4.78 is 26.5. The Morgan fingerprint density at radius 3 is 2.29 bits per heavy atom. The lowest BCUT2D eigenvalue weighted by Crippen LogP contribution is -2.21. The van der Waals surface area contributed by atoms with Crippen molar-refractivity contribution < 1.29 is 8.78 Å². The van der Waals surface area contributed by atoms with Crippen LogP contribution < -0.4 is 5.32 Å². The third-order valence-corrected chi connectivity index (χ3v) is 3.39. The fourth-order valence-electron chi connectivity index (χ4n) is 2.43. The molecule has 1 nitrogen and oxygen atoms in total. The van der Waals surface area contributed by atoms with E-state index in [0.717, 1.165) is 18.9 Å². The standard InChI is InChI=1S/C14H19F2N/c15-11-8-9-13(16)14(10-11)17-12-6-4-2-1-3-5-7-12/h8-10,12,17H,1-7H2. The zero-order valence-electron chi connectivity index (χ0n) is 10.0. The Morgan fingerprint density at radius 1 is 0.941 bits per heavy atom. The van der Waals surface area contributed by atoms with Gasteiger partial charge in [-0.25, -0.2) is 8.78 Å². The summed E-state index contributed by atoms with van der Waals surface area (Å²) in [6.45, 7) is 0. The molecule has 0 amide bonds. The highest BCUT2D eigenvalue weighted by Gasteiger charge is 2.13. The number of nitrogens with one attached hydrogen (secondary N) is 1. The first-order chi connectivity index (χ1) is 8.25. The second kappa shape index (κ2) is 5.99. The quantitative estimate of drug-likeness (QED) is 0.801. The maximum atomic E-state index is 13.5. The van der Waals surface area contributed by atoms with Gasteiger partial charge in [-0.15, -0.1) is 0 Å². The lowest BCUT2D eigenvalue weighted by molar-refractivity contribution is 0.469. The number of hydrogen-bond acceptors (Lipinski definition) is 1. The van der Waals surface area contributed by atoms with Crippen molar-refractivity contribution >= 4 is 5.69 Å². The molecule has 17 heavy (non-hydrogen) atoms. The lowest BCUT2D eigenvalue weighted by atomic mass is 9.96. The normalized spacial score (nSPS) is 18.5. The van der Waals surface area contributed by atoms with Gasteiger partial charge in [0.2, 0.25) is 0 Å². The highest BCUT2D eigenvalue weighted by Crippen LogP contribution is 2.22. The molecular weight excluding hydrogens is 220 g/mol. The average Bonchev–Trinajstić information content (AvgIpc) is 2.27. The molecule has 1 aromatic rings. The highest BCUT2D eigenvalue weighted by atomic mass is 19.1. The van der Waals surface area contributed by atoms with Gasteiger partial charge in [0.1, 0.15) is 11.6 Å². The van der Waals surface area contributed by atoms with Crippen LogP contribution in [0.15, 0.2) is 18.2 Å². The number of halogens is 2. The van der Waals surface area contributed by atoms with Crippen LogP contribution in [0.1, 0.15) is 44.9 Å². The first kappa shape index (κ1) is 12.3. The average molecular weight is 239 g/mol. The van der Waals surface area contributed by atoms with E-state index in [1.807, 2.05) is 0 Å². The molecule has 1 N–H and O–H groups in total. The molecule has 1 aromatic carbocycles. The molecule has 1 saturated carbocycles. The van der Waals surface area contributed by atoms with Gasteiger partial charge in [-0.2, -0.15) is 0 Å². The summed E-state index contributed by atoms with van der Waals surface area (Å²) in [6.07, 6.45) is 8.27. The van der Waals surface area contributed by atoms with Crippen LogP contribution in [0.5, 0.6) is 0 Å². The molecule has 0 heterocycles. The number of rotatable bonds is 2. The third kappa shape index (κ3) is 3.69. The monoisotopic (exact) mass is 239 g/mol. The molecule has 0 bridgehead atoms. The molecule has 0 saturated heterocycles. The van der Waals surface area contributed by atoms with Crippen molar-refractivity contribution in [2.45, 2.75) is 51.0 Å². The minimum atomic E-state index is -0.389. The Morgan fingerprint density at radius 2 is 1.59 bits per heavy atom. The number of anilines is 1. The summed E-state index contributed by atoms with van der Waals surface area (Å²) in [4.78, 5) is 0. The molecule has 1 aliphatic rings. The Balaban J connectivity index is 2.00. The van der Waals surface area contributed by atoms with Crippen LogP contribution >= 0.6 is 0 Å². The molecule has 0 radical (unpaired) electrons. The molecular formula is C14H19F2N. The van der Waals surface area contributed by atoms with Crippen LogP contribution in [0.3, 0.4) is 0 Å². The minimum Gasteiger partial charge on any atom is -0.380 e. The Hall–Kier alpha value is -1.12. The van der Waals surface area contributed by atoms with E-state index in [-0.39, 0.29) is 17.7 Å². The third-order valence-electron chi connectivity index (χ3n) is 3.39. The summed E-state index contributed by atoms with van der Waals surface area (Å²) in [5, 5.41) is 3.14. The van der Waals surface area contributed by atoms with E-state index in [0.29, 0.717) is 5.69 Å². The first-order valence-corrected chi connectivity index (χ1v) is 6.47. The summed E-state index contributed by atoms with van der Waals surface area (Å²) >= 11 is 0. The Kier molecular flexibility index (Phi) is 4.35. The van der Waals surface area contributed by atoms with Crippen LogP contribution in [0, 0.1) is 11.6 Å². The zero-order valence-corrected chi connectivity index (χ0v) is 10.0. The van der Waals surface area contributed by atoms with Gasteiger partial charge in [0.25, 0.3) is 0 Å². The van der Waals surface area contributed by atoms with E-state index in [2.05, 4.69) is 5.32 Å². The topological polar surface area (TPSA) is 12.0 Å². The van der Waals surface area contributed by atoms with Crippen molar-refractivity contribution in [2.24, 2.45) is 0 Å². The summed E-state index contributed by atoms with van der Waals surface area (Å²) in [5.74, 6) is -0.756. The fourth-order valence-corrected chi connectivity index (χ4v) is 2.43.